The molecule has 3 rings (SSSR count). The first-order valence-corrected chi connectivity index (χ1v) is 9.29. The van der Waals surface area contributed by atoms with Gasteiger partial charge in [0.15, 0.2) is 0 Å². The van der Waals surface area contributed by atoms with E-state index in [1.165, 1.54) is 19.0 Å². The number of aromatic nitrogens is 2. The van der Waals surface area contributed by atoms with Gasteiger partial charge in [0.2, 0.25) is 10.0 Å². The third-order valence-corrected chi connectivity index (χ3v) is 6.00. The lowest BCUT2D eigenvalue weighted by Gasteiger charge is -2.19. The van der Waals surface area contributed by atoms with Crippen LogP contribution in [0.5, 0.6) is 0 Å². The minimum absolute atomic E-state index is 0.316. The maximum atomic E-state index is 12.6. The van der Waals surface area contributed by atoms with Crippen LogP contribution < -0.4 is 5.32 Å². The van der Waals surface area contributed by atoms with Gasteiger partial charge < -0.3 is 5.32 Å². The van der Waals surface area contributed by atoms with Crippen molar-refractivity contribution in [3.63, 3.8) is 0 Å². The lowest BCUT2D eigenvalue weighted by molar-refractivity contribution is 0.412. The third kappa shape index (κ3) is 3.84. The summed E-state index contributed by atoms with van der Waals surface area (Å²) in [6.07, 6.45) is 7.94. The standard InChI is InChI=1S/C14H24N4O2S/c1-2-18(10-12-3-4-12)21(19,20)14-9-16-17(11-14)8-7-15-13-5-6-13/h9,11-13,15H,2-8,10H2,1H3. The van der Waals surface area contributed by atoms with Crippen molar-refractivity contribution < 1.29 is 8.42 Å². The van der Waals surface area contributed by atoms with Gasteiger partial charge in [-0.3, -0.25) is 4.68 Å². The van der Waals surface area contributed by atoms with Gasteiger partial charge >= 0.3 is 0 Å². The molecule has 0 atom stereocenters. The Morgan fingerprint density at radius 3 is 2.76 bits per heavy atom. The first-order chi connectivity index (χ1) is 10.1. The summed E-state index contributed by atoms with van der Waals surface area (Å²) in [5.41, 5.74) is 0. The molecule has 1 aromatic rings. The van der Waals surface area contributed by atoms with Crippen molar-refractivity contribution in [2.75, 3.05) is 19.6 Å². The molecule has 21 heavy (non-hydrogen) atoms. The molecule has 0 amide bonds. The first-order valence-electron chi connectivity index (χ1n) is 7.85. The number of nitrogens with zero attached hydrogens (tertiary/aromatic N) is 3. The first kappa shape index (κ1) is 15.0. The van der Waals surface area contributed by atoms with Crippen LogP contribution in [0.1, 0.15) is 32.6 Å². The highest BCUT2D eigenvalue weighted by molar-refractivity contribution is 7.89. The minimum atomic E-state index is -3.38. The highest BCUT2D eigenvalue weighted by atomic mass is 32.2. The van der Waals surface area contributed by atoms with Crippen LogP contribution in [0.4, 0.5) is 0 Å². The van der Waals surface area contributed by atoms with Gasteiger partial charge in [0.1, 0.15) is 4.90 Å². The van der Waals surface area contributed by atoms with Crippen LogP contribution >= 0.6 is 0 Å². The Morgan fingerprint density at radius 1 is 1.38 bits per heavy atom. The van der Waals surface area contributed by atoms with E-state index in [1.54, 1.807) is 15.2 Å². The molecule has 0 aromatic carbocycles. The molecule has 2 saturated carbocycles. The van der Waals surface area contributed by atoms with E-state index < -0.39 is 10.0 Å². The zero-order chi connectivity index (χ0) is 14.9. The van der Waals surface area contributed by atoms with E-state index in [1.807, 2.05) is 6.92 Å². The van der Waals surface area contributed by atoms with Gasteiger partial charge in [0, 0.05) is 31.9 Å². The van der Waals surface area contributed by atoms with E-state index in [0.717, 1.165) is 19.4 Å². The van der Waals surface area contributed by atoms with E-state index in [9.17, 15) is 8.42 Å². The van der Waals surface area contributed by atoms with Crippen molar-refractivity contribution in [1.29, 1.82) is 0 Å². The Balaban J connectivity index is 1.61. The van der Waals surface area contributed by atoms with Crippen LogP contribution in [0, 0.1) is 5.92 Å². The lowest BCUT2D eigenvalue weighted by atomic mass is 10.4. The summed E-state index contributed by atoms with van der Waals surface area (Å²) in [6, 6.07) is 0.665. The predicted octanol–water partition coefficient (Wildman–Crippen LogP) is 1.06. The summed E-state index contributed by atoms with van der Waals surface area (Å²) in [5, 5.41) is 7.58. The fraction of sp³-hybridized carbons (Fsp3) is 0.786. The van der Waals surface area contributed by atoms with E-state index >= 15 is 0 Å². The second-order valence-electron chi connectivity index (χ2n) is 6.07. The van der Waals surface area contributed by atoms with Gasteiger partial charge in [0.25, 0.3) is 0 Å². The second kappa shape index (κ2) is 6.06. The number of sulfonamides is 1. The fourth-order valence-electron chi connectivity index (χ4n) is 2.41. The molecule has 1 aromatic heterocycles. The maximum Gasteiger partial charge on any atom is 0.246 e. The normalized spacial score (nSPS) is 19.3. The van der Waals surface area contributed by atoms with Gasteiger partial charge in [-0.25, -0.2) is 8.42 Å². The summed E-state index contributed by atoms with van der Waals surface area (Å²) in [4.78, 5) is 0.316. The number of nitrogens with one attached hydrogen (secondary N) is 1. The Kier molecular flexibility index (Phi) is 4.33. The molecular weight excluding hydrogens is 288 g/mol. The van der Waals surface area contributed by atoms with Crippen molar-refractivity contribution >= 4 is 10.0 Å². The molecule has 0 spiro atoms. The van der Waals surface area contributed by atoms with Gasteiger partial charge in [-0.05, 0) is 31.6 Å². The topological polar surface area (TPSA) is 67.2 Å². The zero-order valence-electron chi connectivity index (χ0n) is 12.5. The highest BCUT2D eigenvalue weighted by Crippen LogP contribution is 2.31. The monoisotopic (exact) mass is 312 g/mol. The lowest BCUT2D eigenvalue weighted by Crippen LogP contribution is -2.32. The summed E-state index contributed by atoms with van der Waals surface area (Å²) in [7, 11) is -3.38. The average Bonchev–Trinajstić information content (AvgIpc) is 3.37. The molecule has 0 bridgehead atoms. The smallest absolute Gasteiger partial charge is 0.246 e. The fourth-order valence-corrected chi connectivity index (χ4v) is 3.89. The van der Waals surface area contributed by atoms with Crippen molar-refractivity contribution in [2.45, 2.75) is 50.1 Å². The largest absolute Gasteiger partial charge is 0.312 e. The molecule has 2 aliphatic rings. The molecule has 7 heteroatoms. The van der Waals surface area contributed by atoms with E-state index in [-0.39, 0.29) is 0 Å². The van der Waals surface area contributed by atoms with Crippen LogP contribution in [0.15, 0.2) is 17.3 Å². The Hall–Kier alpha value is -0.920. The van der Waals surface area contributed by atoms with Crippen LogP contribution in [0.2, 0.25) is 0 Å². The predicted molar refractivity (Wildman–Crippen MR) is 80.4 cm³/mol. The Morgan fingerprint density at radius 2 is 2.14 bits per heavy atom. The Labute approximate surface area is 126 Å². The van der Waals surface area contributed by atoms with Gasteiger partial charge in [-0.2, -0.15) is 9.40 Å². The molecule has 2 aliphatic carbocycles. The van der Waals surface area contributed by atoms with E-state index in [4.69, 9.17) is 0 Å². The molecule has 0 radical (unpaired) electrons. The number of hydrogen-bond donors (Lipinski definition) is 1. The third-order valence-electron chi connectivity index (χ3n) is 4.11. The van der Waals surface area contributed by atoms with Crippen LogP contribution in [0.25, 0.3) is 0 Å². The molecule has 6 nitrogen and oxygen atoms in total. The van der Waals surface area contributed by atoms with Crippen LogP contribution in [-0.2, 0) is 16.6 Å². The second-order valence-corrected chi connectivity index (χ2v) is 8.00. The van der Waals surface area contributed by atoms with Gasteiger partial charge in [-0.15, -0.1) is 0 Å². The summed E-state index contributed by atoms with van der Waals surface area (Å²) >= 11 is 0. The van der Waals surface area contributed by atoms with E-state index in [0.29, 0.717) is 36.5 Å². The van der Waals surface area contributed by atoms with Crippen molar-refractivity contribution in [3.8, 4) is 0 Å². The number of rotatable bonds is 9. The molecule has 2 fully saturated rings. The molecule has 0 saturated heterocycles. The summed E-state index contributed by atoms with van der Waals surface area (Å²) in [6.45, 7) is 4.61. The van der Waals surface area contributed by atoms with Crippen molar-refractivity contribution in [2.24, 2.45) is 5.92 Å². The molecule has 118 valence electrons. The van der Waals surface area contributed by atoms with Crippen LogP contribution in [-0.4, -0.2) is 48.2 Å². The summed E-state index contributed by atoms with van der Waals surface area (Å²) < 4.78 is 28.5. The highest BCUT2D eigenvalue weighted by Gasteiger charge is 2.31. The van der Waals surface area contributed by atoms with Gasteiger partial charge in [0.05, 0.1) is 12.7 Å². The zero-order valence-corrected chi connectivity index (χ0v) is 13.3. The average molecular weight is 312 g/mol. The molecular formula is C14H24N4O2S. The quantitative estimate of drug-likeness (QED) is 0.740. The van der Waals surface area contributed by atoms with E-state index in [2.05, 4.69) is 10.4 Å². The van der Waals surface area contributed by atoms with Crippen molar-refractivity contribution in [3.05, 3.63) is 12.4 Å². The van der Waals surface area contributed by atoms with Gasteiger partial charge in [-0.1, -0.05) is 6.92 Å². The molecule has 1 N–H and O–H groups in total. The molecule has 0 aliphatic heterocycles. The SMILES string of the molecule is CCN(CC1CC1)S(=O)(=O)c1cnn(CCNC2CC2)c1. The molecule has 0 unspecified atom stereocenters. The number of hydrogen-bond acceptors (Lipinski definition) is 4. The molecule has 1 heterocycles. The van der Waals surface area contributed by atoms with Crippen molar-refractivity contribution in [1.82, 2.24) is 19.4 Å². The Bertz CT molecular complexity index is 576. The maximum absolute atomic E-state index is 12.6. The summed E-state index contributed by atoms with van der Waals surface area (Å²) in [5.74, 6) is 0.553. The minimum Gasteiger partial charge on any atom is -0.312 e. The van der Waals surface area contributed by atoms with Crippen LogP contribution in [0.3, 0.4) is 0 Å².